The van der Waals surface area contributed by atoms with E-state index in [-0.39, 0.29) is 11.4 Å². The van der Waals surface area contributed by atoms with Crippen molar-refractivity contribution >= 4 is 5.91 Å². The number of methoxy groups -OCH3 is 1. The van der Waals surface area contributed by atoms with Crippen LogP contribution in [0.15, 0.2) is 24.3 Å². The van der Waals surface area contributed by atoms with E-state index >= 15 is 0 Å². The molecule has 1 fully saturated rings. The predicted molar refractivity (Wildman–Crippen MR) is 71.3 cm³/mol. The Hall–Kier alpha value is -1.35. The van der Waals surface area contributed by atoms with E-state index in [1.165, 1.54) is 11.1 Å². The summed E-state index contributed by atoms with van der Waals surface area (Å²) >= 11 is 0. The van der Waals surface area contributed by atoms with E-state index in [0.717, 1.165) is 19.3 Å². The van der Waals surface area contributed by atoms with Crippen LogP contribution in [0, 0.1) is 0 Å². The molecule has 2 rings (SSSR count). The number of carbonyl (C=O) groups is 1. The highest BCUT2D eigenvalue weighted by atomic mass is 16.5. The smallest absolute Gasteiger partial charge is 0.220 e. The van der Waals surface area contributed by atoms with E-state index in [2.05, 4.69) is 36.5 Å². The molecule has 0 bridgehead atoms. The minimum absolute atomic E-state index is 0.0389. The van der Waals surface area contributed by atoms with Crippen molar-refractivity contribution in [3.05, 3.63) is 35.4 Å². The Morgan fingerprint density at radius 1 is 1.39 bits per heavy atom. The SMILES string of the molecule is CCC1(Cc2cccc(COC)c2)CCC(=O)N1. The molecule has 1 unspecified atom stereocenters. The molecule has 1 amide bonds. The molecule has 0 aliphatic carbocycles. The maximum Gasteiger partial charge on any atom is 0.220 e. The lowest BCUT2D eigenvalue weighted by Gasteiger charge is -2.28. The first-order chi connectivity index (χ1) is 8.67. The third-order valence-electron chi connectivity index (χ3n) is 3.76. The number of nitrogens with one attached hydrogen (secondary N) is 1. The van der Waals surface area contributed by atoms with Crippen LogP contribution in [-0.4, -0.2) is 18.6 Å². The highest BCUT2D eigenvalue weighted by Gasteiger charge is 2.35. The van der Waals surface area contributed by atoms with Gasteiger partial charge in [0, 0.05) is 19.1 Å². The van der Waals surface area contributed by atoms with E-state index in [0.29, 0.717) is 13.0 Å². The summed E-state index contributed by atoms with van der Waals surface area (Å²) in [6, 6.07) is 8.43. The molecule has 98 valence electrons. The van der Waals surface area contributed by atoms with Gasteiger partial charge in [0.2, 0.25) is 5.91 Å². The quantitative estimate of drug-likeness (QED) is 0.868. The second-order valence-corrected chi connectivity index (χ2v) is 5.11. The molecule has 0 spiro atoms. The zero-order chi connectivity index (χ0) is 13.0. The molecular formula is C15H21NO2. The van der Waals surface area contributed by atoms with Gasteiger partial charge in [-0.3, -0.25) is 4.79 Å². The highest BCUT2D eigenvalue weighted by molar-refractivity contribution is 5.79. The van der Waals surface area contributed by atoms with Crippen molar-refractivity contribution in [1.82, 2.24) is 5.32 Å². The van der Waals surface area contributed by atoms with Gasteiger partial charge in [0.25, 0.3) is 0 Å². The van der Waals surface area contributed by atoms with Crippen molar-refractivity contribution in [3.63, 3.8) is 0 Å². The van der Waals surface area contributed by atoms with E-state index in [4.69, 9.17) is 4.74 Å². The molecule has 1 N–H and O–H groups in total. The molecule has 0 aromatic heterocycles. The molecule has 0 radical (unpaired) electrons. The Labute approximate surface area is 109 Å². The number of amides is 1. The maximum absolute atomic E-state index is 11.4. The summed E-state index contributed by atoms with van der Waals surface area (Å²) in [5, 5.41) is 3.15. The van der Waals surface area contributed by atoms with Crippen molar-refractivity contribution in [1.29, 1.82) is 0 Å². The molecule has 1 aromatic rings. The molecule has 3 nitrogen and oxygen atoms in total. The van der Waals surface area contributed by atoms with Gasteiger partial charge in [0.15, 0.2) is 0 Å². The molecule has 1 atom stereocenters. The first-order valence-corrected chi connectivity index (χ1v) is 6.55. The van der Waals surface area contributed by atoms with Crippen LogP contribution in [0.5, 0.6) is 0 Å². The van der Waals surface area contributed by atoms with E-state index in [9.17, 15) is 4.79 Å². The topological polar surface area (TPSA) is 38.3 Å². The summed E-state index contributed by atoms with van der Waals surface area (Å²) in [6.45, 7) is 2.78. The van der Waals surface area contributed by atoms with E-state index in [1.54, 1.807) is 7.11 Å². The first kappa shape index (κ1) is 13.1. The summed E-state index contributed by atoms with van der Waals surface area (Å²) < 4.78 is 5.15. The Morgan fingerprint density at radius 2 is 2.17 bits per heavy atom. The average molecular weight is 247 g/mol. The van der Waals surface area contributed by atoms with Gasteiger partial charge >= 0.3 is 0 Å². The maximum atomic E-state index is 11.4. The molecule has 1 aliphatic rings. The van der Waals surface area contributed by atoms with Crippen LogP contribution in [0.4, 0.5) is 0 Å². The van der Waals surface area contributed by atoms with Crippen LogP contribution < -0.4 is 5.32 Å². The Morgan fingerprint density at radius 3 is 2.78 bits per heavy atom. The summed E-state index contributed by atoms with van der Waals surface area (Å²) in [5.41, 5.74) is 2.42. The van der Waals surface area contributed by atoms with Crippen LogP contribution in [0.25, 0.3) is 0 Å². The molecule has 18 heavy (non-hydrogen) atoms. The van der Waals surface area contributed by atoms with Gasteiger partial charge in [-0.05, 0) is 30.4 Å². The van der Waals surface area contributed by atoms with E-state index in [1.807, 2.05) is 0 Å². The van der Waals surface area contributed by atoms with Gasteiger partial charge in [0.1, 0.15) is 0 Å². The normalized spacial score (nSPS) is 23.1. The van der Waals surface area contributed by atoms with Gasteiger partial charge in [-0.1, -0.05) is 31.2 Å². The Balaban J connectivity index is 2.12. The van der Waals surface area contributed by atoms with E-state index < -0.39 is 0 Å². The third kappa shape index (κ3) is 2.91. The fourth-order valence-electron chi connectivity index (χ4n) is 2.68. The zero-order valence-corrected chi connectivity index (χ0v) is 11.2. The highest BCUT2D eigenvalue weighted by Crippen LogP contribution is 2.28. The largest absolute Gasteiger partial charge is 0.380 e. The molecule has 1 heterocycles. The summed E-state index contributed by atoms with van der Waals surface area (Å²) in [4.78, 5) is 11.4. The minimum Gasteiger partial charge on any atom is -0.380 e. The molecule has 1 saturated heterocycles. The second-order valence-electron chi connectivity index (χ2n) is 5.11. The number of benzene rings is 1. The fraction of sp³-hybridized carbons (Fsp3) is 0.533. The third-order valence-corrected chi connectivity index (χ3v) is 3.76. The molecular weight excluding hydrogens is 226 g/mol. The van der Waals surface area contributed by atoms with Crippen LogP contribution in [0.3, 0.4) is 0 Å². The lowest BCUT2D eigenvalue weighted by molar-refractivity contribution is -0.119. The number of rotatable bonds is 5. The summed E-state index contributed by atoms with van der Waals surface area (Å²) in [7, 11) is 1.71. The first-order valence-electron chi connectivity index (χ1n) is 6.55. The van der Waals surface area contributed by atoms with Gasteiger partial charge in [-0.2, -0.15) is 0 Å². The molecule has 0 saturated carbocycles. The fourth-order valence-corrected chi connectivity index (χ4v) is 2.68. The lowest BCUT2D eigenvalue weighted by atomic mass is 9.86. The van der Waals surface area contributed by atoms with Crippen LogP contribution in [0.1, 0.15) is 37.3 Å². The standard InChI is InChI=1S/C15H21NO2/c1-3-15(8-7-14(17)16-15)10-12-5-4-6-13(9-12)11-18-2/h4-6,9H,3,7-8,10-11H2,1-2H3,(H,16,17). The van der Waals surface area contributed by atoms with Crippen LogP contribution in [0.2, 0.25) is 0 Å². The predicted octanol–water partition coefficient (Wildman–Crippen LogP) is 2.43. The van der Waals surface area contributed by atoms with Crippen molar-refractivity contribution in [2.24, 2.45) is 0 Å². The number of hydrogen-bond donors (Lipinski definition) is 1. The molecule has 3 heteroatoms. The average Bonchev–Trinajstić information content (AvgIpc) is 2.72. The van der Waals surface area contributed by atoms with Crippen molar-refractivity contribution in [2.75, 3.05) is 7.11 Å². The Bertz CT molecular complexity index is 430. The number of hydrogen-bond acceptors (Lipinski definition) is 2. The van der Waals surface area contributed by atoms with Gasteiger partial charge < -0.3 is 10.1 Å². The second kappa shape index (κ2) is 5.53. The van der Waals surface area contributed by atoms with Crippen molar-refractivity contribution in [2.45, 2.75) is 44.8 Å². The molecule has 1 aromatic carbocycles. The Kier molecular flexibility index (Phi) is 4.02. The molecule has 1 aliphatic heterocycles. The van der Waals surface area contributed by atoms with Crippen LogP contribution >= 0.6 is 0 Å². The van der Waals surface area contributed by atoms with Crippen molar-refractivity contribution < 1.29 is 9.53 Å². The zero-order valence-electron chi connectivity index (χ0n) is 11.2. The monoisotopic (exact) mass is 247 g/mol. The summed E-state index contributed by atoms with van der Waals surface area (Å²) in [6.07, 6.45) is 3.49. The van der Waals surface area contributed by atoms with Gasteiger partial charge in [0.05, 0.1) is 6.61 Å². The van der Waals surface area contributed by atoms with Gasteiger partial charge in [-0.15, -0.1) is 0 Å². The van der Waals surface area contributed by atoms with Crippen LogP contribution in [-0.2, 0) is 22.6 Å². The summed E-state index contributed by atoms with van der Waals surface area (Å²) in [5.74, 6) is 0.185. The lowest BCUT2D eigenvalue weighted by Crippen LogP contribution is -2.42. The van der Waals surface area contributed by atoms with Gasteiger partial charge in [-0.25, -0.2) is 0 Å². The number of ether oxygens (including phenoxy) is 1. The minimum atomic E-state index is -0.0389. The number of carbonyl (C=O) groups excluding carboxylic acids is 1. The van der Waals surface area contributed by atoms with Crippen molar-refractivity contribution in [3.8, 4) is 0 Å².